The number of nitrogens with zero attached hydrogens (tertiary/aromatic N) is 3. The fraction of sp³-hybridized carbons (Fsp3) is 0.455. The molecule has 230 valence electrons. The number of aromatic nitrogens is 2. The zero-order valence-corrected chi connectivity index (χ0v) is 24.5. The third-order valence-corrected chi connectivity index (χ3v) is 9.14. The molecule has 2 saturated heterocycles. The van der Waals surface area contributed by atoms with Crippen LogP contribution in [0.15, 0.2) is 54.7 Å². The maximum absolute atomic E-state index is 13.8. The predicted molar refractivity (Wildman–Crippen MR) is 158 cm³/mol. The number of hydrogen-bond donors (Lipinski definition) is 2. The molecule has 2 N–H and O–H groups in total. The van der Waals surface area contributed by atoms with E-state index in [4.69, 9.17) is 14.5 Å². The van der Waals surface area contributed by atoms with Gasteiger partial charge in [-0.05, 0) is 68.6 Å². The van der Waals surface area contributed by atoms with E-state index in [-0.39, 0.29) is 41.5 Å². The molecule has 44 heavy (non-hydrogen) atoms. The fourth-order valence-electron chi connectivity index (χ4n) is 6.77. The van der Waals surface area contributed by atoms with Gasteiger partial charge in [0.05, 0.1) is 23.8 Å². The molecule has 3 aromatic rings. The highest BCUT2D eigenvalue weighted by Gasteiger charge is 2.59. The van der Waals surface area contributed by atoms with E-state index in [9.17, 15) is 18.4 Å². The Labute approximate surface area is 254 Å². The Hall–Kier alpha value is -4.12. The van der Waals surface area contributed by atoms with Crippen molar-refractivity contribution in [3.05, 3.63) is 71.5 Å². The smallest absolute Gasteiger partial charge is 0.274 e. The zero-order valence-electron chi connectivity index (χ0n) is 24.5. The first-order valence-electron chi connectivity index (χ1n) is 15.3. The maximum atomic E-state index is 13.8. The van der Waals surface area contributed by atoms with Gasteiger partial charge < -0.3 is 25.0 Å². The van der Waals surface area contributed by atoms with Crippen molar-refractivity contribution in [2.75, 3.05) is 32.8 Å². The van der Waals surface area contributed by atoms with Crippen molar-refractivity contribution in [2.45, 2.75) is 56.6 Å². The molecule has 4 heterocycles. The number of likely N-dealkylation sites (tertiary alicyclic amines) is 1. The van der Waals surface area contributed by atoms with Crippen molar-refractivity contribution < 1.29 is 27.8 Å². The lowest BCUT2D eigenvalue weighted by molar-refractivity contribution is -0.103. The normalized spacial score (nSPS) is 23.0. The van der Waals surface area contributed by atoms with Gasteiger partial charge in [-0.3, -0.25) is 9.59 Å². The second kappa shape index (κ2) is 11.1. The highest BCUT2D eigenvalue weighted by molar-refractivity contribution is 5.97. The van der Waals surface area contributed by atoms with E-state index < -0.39 is 11.8 Å². The number of benzene rings is 1. The Morgan fingerprint density at radius 3 is 2.61 bits per heavy atom. The number of rotatable bonds is 9. The van der Waals surface area contributed by atoms with E-state index in [1.807, 2.05) is 19.1 Å². The molecule has 9 nitrogen and oxygen atoms in total. The number of ether oxygens (including phenoxy) is 2. The van der Waals surface area contributed by atoms with Crippen LogP contribution in [0.25, 0.3) is 11.3 Å². The maximum Gasteiger partial charge on any atom is 0.274 e. The monoisotopic (exact) mass is 603 g/mol. The average Bonchev–Trinajstić information content (AvgIpc) is 3.33. The first kappa shape index (κ1) is 28.6. The molecule has 11 heteroatoms. The number of hydrogen-bond acceptors (Lipinski definition) is 7. The first-order valence-corrected chi connectivity index (χ1v) is 15.3. The van der Waals surface area contributed by atoms with Crippen molar-refractivity contribution in [3.8, 4) is 22.9 Å². The first-order chi connectivity index (χ1) is 21.2. The molecule has 2 aliphatic carbocycles. The zero-order chi connectivity index (χ0) is 30.5. The summed E-state index contributed by atoms with van der Waals surface area (Å²) >= 11 is 0. The molecular weight excluding hydrogens is 568 g/mol. The van der Waals surface area contributed by atoms with Crippen LogP contribution in [0, 0.1) is 5.41 Å². The minimum Gasteiger partial charge on any atom is -0.488 e. The largest absolute Gasteiger partial charge is 0.488 e. The van der Waals surface area contributed by atoms with Gasteiger partial charge in [-0.15, -0.1) is 0 Å². The second-order valence-corrected chi connectivity index (χ2v) is 12.4. The van der Waals surface area contributed by atoms with Gasteiger partial charge in [0.2, 0.25) is 5.88 Å². The van der Waals surface area contributed by atoms with Crippen LogP contribution in [0.5, 0.6) is 11.6 Å². The van der Waals surface area contributed by atoms with Crippen LogP contribution in [-0.2, 0) is 0 Å². The quantitative estimate of drug-likeness (QED) is 0.373. The summed E-state index contributed by atoms with van der Waals surface area (Å²) in [4.78, 5) is 37.5. The van der Waals surface area contributed by atoms with Crippen molar-refractivity contribution in [1.29, 1.82) is 0 Å². The van der Waals surface area contributed by atoms with Crippen molar-refractivity contribution in [2.24, 2.45) is 5.41 Å². The van der Waals surface area contributed by atoms with Crippen LogP contribution in [-0.4, -0.2) is 77.5 Å². The Morgan fingerprint density at radius 1 is 1.09 bits per heavy atom. The van der Waals surface area contributed by atoms with Crippen LogP contribution in [0.3, 0.4) is 0 Å². The van der Waals surface area contributed by atoms with E-state index in [0.717, 1.165) is 25.8 Å². The summed E-state index contributed by atoms with van der Waals surface area (Å²) in [5, 5.41) is 6.34. The van der Waals surface area contributed by atoms with Crippen LogP contribution < -0.4 is 20.1 Å². The molecule has 4 fully saturated rings. The molecule has 2 amide bonds. The highest BCUT2D eigenvalue weighted by atomic mass is 19.3. The van der Waals surface area contributed by atoms with E-state index >= 15 is 0 Å². The number of halogens is 2. The van der Waals surface area contributed by atoms with Gasteiger partial charge in [-0.2, -0.15) is 0 Å². The fourth-order valence-corrected chi connectivity index (χ4v) is 6.77. The summed E-state index contributed by atoms with van der Waals surface area (Å²) < 4.78 is 39.6. The van der Waals surface area contributed by atoms with Gasteiger partial charge >= 0.3 is 0 Å². The Morgan fingerprint density at radius 2 is 1.89 bits per heavy atom. The molecule has 1 aromatic carbocycles. The lowest BCUT2D eigenvalue weighted by atomic mass is 9.61. The number of alkyl halides is 2. The third kappa shape index (κ3) is 5.38. The van der Waals surface area contributed by atoms with E-state index in [1.54, 1.807) is 47.5 Å². The van der Waals surface area contributed by atoms with Crippen LogP contribution >= 0.6 is 0 Å². The lowest BCUT2D eigenvalue weighted by Crippen LogP contribution is -2.65. The van der Waals surface area contributed by atoms with Gasteiger partial charge in [0.25, 0.3) is 17.7 Å². The summed E-state index contributed by atoms with van der Waals surface area (Å²) in [6.07, 6.45) is 3.61. The molecule has 0 radical (unpaired) electrons. The van der Waals surface area contributed by atoms with Crippen LogP contribution in [0.2, 0.25) is 0 Å². The number of amides is 2. The molecule has 4 aliphatic rings. The number of pyridine rings is 2. The minimum atomic E-state index is -2.73. The Balaban J connectivity index is 1.03. The predicted octanol–water partition coefficient (Wildman–Crippen LogP) is 4.44. The molecule has 1 spiro atoms. The molecule has 2 aromatic heterocycles. The molecule has 2 atom stereocenters. The van der Waals surface area contributed by atoms with Gasteiger partial charge in [0.1, 0.15) is 6.10 Å². The van der Waals surface area contributed by atoms with E-state index in [2.05, 4.69) is 15.6 Å². The molecule has 2 unspecified atom stereocenters. The van der Waals surface area contributed by atoms with Crippen molar-refractivity contribution in [1.82, 2.24) is 25.5 Å². The minimum absolute atomic E-state index is 0.0138. The molecular formula is C33H35F2N5O4. The van der Waals surface area contributed by atoms with E-state index in [0.29, 0.717) is 60.3 Å². The molecule has 0 bridgehead atoms. The molecule has 7 rings (SSSR count). The van der Waals surface area contributed by atoms with Gasteiger partial charge in [-0.1, -0.05) is 18.2 Å². The van der Waals surface area contributed by atoms with Crippen molar-refractivity contribution >= 4 is 11.8 Å². The number of nitrogens with one attached hydrogen (secondary N) is 2. The lowest BCUT2D eigenvalue weighted by Gasteiger charge is -2.58. The Bertz CT molecular complexity index is 1580. The highest BCUT2D eigenvalue weighted by Crippen LogP contribution is 2.57. The summed E-state index contributed by atoms with van der Waals surface area (Å²) in [6, 6.07) is 14.0. The Kier molecular flexibility index (Phi) is 7.23. The van der Waals surface area contributed by atoms with Crippen LogP contribution in [0.1, 0.15) is 64.9 Å². The molecule has 2 saturated carbocycles. The van der Waals surface area contributed by atoms with Gasteiger partial charge in [0, 0.05) is 49.3 Å². The van der Waals surface area contributed by atoms with Gasteiger partial charge in [0.15, 0.2) is 11.4 Å². The van der Waals surface area contributed by atoms with E-state index in [1.165, 1.54) is 0 Å². The van der Waals surface area contributed by atoms with Crippen LogP contribution in [0.4, 0.5) is 8.78 Å². The average molecular weight is 604 g/mol. The topological polar surface area (TPSA) is 106 Å². The third-order valence-electron chi connectivity index (χ3n) is 9.14. The summed E-state index contributed by atoms with van der Waals surface area (Å²) in [5.41, 5.74) is 2.20. The summed E-state index contributed by atoms with van der Waals surface area (Å²) in [6.45, 7) is 4.99. The standard InChI is InChI=1S/C33H35F2N5O4/c1-2-43-30-24(8-5-12-37-30)26-9-10-27(28(39-26)29(41)38-20-11-13-36-17-20)44-21-14-32(15-21)18-40(19-32)31(42)23-7-4-3-6-22(23)25-16-33(25,34)35/h3-10,12,20-21,25,36H,2,11,13-19H2,1H3,(H,38,41). The number of carbonyl (C=O) groups excluding carboxylic acids is 2. The van der Waals surface area contributed by atoms with Gasteiger partial charge in [-0.25, -0.2) is 18.7 Å². The molecule has 2 aliphatic heterocycles. The summed E-state index contributed by atoms with van der Waals surface area (Å²) in [5.74, 6) is -3.25. The van der Waals surface area contributed by atoms with Crippen molar-refractivity contribution in [3.63, 3.8) is 0 Å². The SMILES string of the molecule is CCOc1ncccc1-c1ccc(OC2CC3(C2)CN(C(=O)c2ccccc2C2CC2(F)F)C3)c(C(=O)NC2CCNC2)n1. The summed E-state index contributed by atoms with van der Waals surface area (Å²) in [7, 11) is 0. The second-order valence-electron chi connectivity index (χ2n) is 12.4. The number of carbonyl (C=O) groups is 2.